The molecule has 4 nitrogen and oxygen atoms in total. The molecule has 0 saturated carbocycles. The summed E-state index contributed by atoms with van der Waals surface area (Å²) in [5.74, 6) is 1.41. The van der Waals surface area contributed by atoms with Crippen LogP contribution in [-0.2, 0) is 0 Å². The van der Waals surface area contributed by atoms with Crippen LogP contribution in [0, 0.1) is 10.8 Å². The molecular formula is C23H35O4P. The summed E-state index contributed by atoms with van der Waals surface area (Å²) in [6.45, 7) is 13.8. The van der Waals surface area contributed by atoms with Crippen LogP contribution in [-0.4, -0.2) is 23.0 Å². The summed E-state index contributed by atoms with van der Waals surface area (Å²) in [5, 5.41) is 0.449. The van der Waals surface area contributed by atoms with E-state index >= 15 is 0 Å². The van der Waals surface area contributed by atoms with Crippen molar-refractivity contribution in [2.45, 2.75) is 48.0 Å². The summed E-state index contributed by atoms with van der Waals surface area (Å²) in [6, 6.07) is 16.9. The monoisotopic (exact) mass is 406 g/mol. The molecule has 0 aliphatic rings. The lowest BCUT2D eigenvalue weighted by molar-refractivity contribution is 0.0818. The summed E-state index contributed by atoms with van der Waals surface area (Å²) >= 11 is 0. The molecule has 5 heteroatoms. The largest absolute Gasteiger partial charge is 0.493 e. The van der Waals surface area contributed by atoms with Gasteiger partial charge in [0.15, 0.2) is 0 Å². The molecule has 2 aromatic carbocycles. The van der Waals surface area contributed by atoms with Gasteiger partial charge in [0.2, 0.25) is 8.38 Å². The van der Waals surface area contributed by atoms with Gasteiger partial charge in [0.05, 0.1) is 18.5 Å². The van der Waals surface area contributed by atoms with Crippen molar-refractivity contribution in [3.05, 3.63) is 54.6 Å². The van der Waals surface area contributed by atoms with Crippen LogP contribution < -0.4 is 14.8 Å². The Kier molecular flexibility index (Phi) is 9.95. The highest BCUT2D eigenvalue weighted by Crippen LogP contribution is 2.35. The highest BCUT2D eigenvalue weighted by molar-refractivity contribution is 7.54. The molecule has 2 N–H and O–H groups in total. The molecule has 0 bridgehead atoms. The van der Waals surface area contributed by atoms with Crippen molar-refractivity contribution >= 4 is 13.7 Å². The van der Waals surface area contributed by atoms with Crippen molar-refractivity contribution in [3.8, 4) is 11.5 Å². The molecule has 0 spiro atoms. The fraction of sp³-hybridized carbons (Fsp3) is 0.478. The Hall–Kier alpha value is -1.61. The Bertz CT molecular complexity index is 684. The van der Waals surface area contributed by atoms with E-state index in [2.05, 4.69) is 27.7 Å². The first-order chi connectivity index (χ1) is 13.2. The molecule has 0 saturated heterocycles. The molecule has 0 aliphatic heterocycles. The second-order valence-corrected chi connectivity index (χ2v) is 9.21. The van der Waals surface area contributed by atoms with Crippen LogP contribution in [0.25, 0.3) is 0 Å². The van der Waals surface area contributed by atoms with Gasteiger partial charge in [-0.05, 0) is 41.5 Å². The molecule has 0 aromatic heterocycles. The Balaban J connectivity index is 0.00000190. The minimum absolute atomic E-state index is 0.0250. The molecule has 2 rings (SSSR count). The molecule has 2 aromatic rings. The second-order valence-electron chi connectivity index (χ2n) is 8.15. The van der Waals surface area contributed by atoms with Gasteiger partial charge in [-0.15, -0.1) is 0 Å². The van der Waals surface area contributed by atoms with Gasteiger partial charge in [0.1, 0.15) is 11.5 Å². The number of benzene rings is 2. The van der Waals surface area contributed by atoms with Crippen molar-refractivity contribution in [2.75, 3.05) is 13.2 Å². The summed E-state index contributed by atoms with van der Waals surface area (Å²) in [7, 11) is -2.17. The van der Waals surface area contributed by atoms with Crippen molar-refractivity contribution in [1.82, 2.24) is 0 Å². The fourth-order valence-corrected chi connectivity index (χ4v) is 3.77. The van der Waals surface area contributed by atoms with Crippen LogP contribution >= 0.6 is 8.38 Å². The van der Waals surface area contributed by atoms with Gasteiger partial charge >= 0.3 is 0 Å². The van der Waals surface area contributed by atoms with Gasteiger partial charge in [0, 0.05) is 0 Å². The van der Waals surface area contributed by atoms with E-state index in [0.29, 0.717) is 24.3 Å². The van der Waals surface area contributed by atoms with Gasteiger partial charge in [0.25, 0.3) is 0 Å². The molecule has 0 atom stereocenters. The van der Waals surface area contributed by atoms with E-state index < -0.39 is 8.38 Å². The SMILES string of the molecule is CC.CC(C)(COc1ccccc1)CC(C)(C)COc1ccccc1P(O)O. The first-order valence-corrected chi connectivity index (χ1v) is 11.0. The number of ether oxygens (including phenoxy) is 2. The maximum absolute atomic E-state index is 9.52. The van der Waals surface area contributed by atoms with Crippen LogP contribution in [0.5, 0.6) is 11.5 Å². The van der Waals surface area contributed by atoms with E-state index in [1.54, 1.807) is 18.2 Å². The van der Waals surface area contributed by atoms with Gasteiger partial charge in [-0.2, -0.15) is 0 Å². The minimum Gasteiger partial charge on any atom is -0.493 e. The quantitative estimate of drug-likeness (QED) is 0.537. The molecular weight excluding hydrogens is 371 g/mol. The highest BCUT2D eigenvalue weighted by Gasteiger charge is 2.30. The lowest BCUT2D eigenvalue weighted by Crippen LogP contribution is -2.32. The van der Waals surface area contributed by atoms with Crippen LogP contribution in [0.1, 0.15) is 48.0 Å². The normalized spacial score (nSPS) is 11.6. The third-order valence-corrected chi connectivity index (χ3v) is 4.83. The fourth-order valence-electron chi connectivity index (χ4n) is 3.21. The Labute approximate surface area is 171 Å². The number of hydrogen-bond donors (Lipinski definition) is 2. The molecule has 0 unspecified atom stereocenters. The predicted molar refractivity (Wildman–Crippen MR) is 118 cm³/mol. The maximum atomic E-state index is 9.52. The molecule has 0 radical (unpaired) electrons. The standard InChI is InChI=1S/C21H29O4P.C2H6/c1-20(2,15-24-17-10-6-5-7-11-17)14-21(3,4)16-25-18-12-8-9-13-19(18)26(22)23;1-2/h5-13,22-23H,14-16H2,1-4H3;1-2H3. The molecule has 28 heavy (non-hydrogen) atoms. The molecule has 0 amide bonds. The zero-order valence-corrected chi connectivity index (χ0v) is 18.9. The lowest BCUT2D eigenvalue weighted by Gasteiger charge is -2.34. The Morgan fingerprint density at radius 1 is 0.750 bits per heavy atom. The minimum atomic E-state index is -2.17. The number of rotatable bonds is 9. The summed E-state index contributed by atoms with van der Waals surface area (Å²) in [6.07, 6.45) is 0.905. The first kappa shape index (κ1) is 24.4. The van der Waals surface area contributed by atoms with E-state index in [9.17, 15) is 9.79 Å². The van der Waals surface area contributed by atoms with Crippen LogP contribution in [0.2, 0.25) is 0 Å². The van der Waals surface area contributed by atoms with E-state index in [0.717, 1.165) is 12.2 Å². The van der Waals surface area contributed by atoms with Crippen LogP contribution in [0.3, 0.4) is 0 Å². The smallest absolute Gasteiger partial charge is 0.203 e. The second kappa shape index (κ2) is 11.4. The average Bonchev–Trinajstić information content (AvgIpc) is 2.67. The summed E-state index contributed by atoms with van der Waals surface area (Å²) < 4.78 is 11.9. The average molecular weight is 407 g/mol. The molecule has 0 aliphatic carbocycles. The van der Waals surface area contributed by atoms with Gasteiger partial charge in [-0.25, -0.2) is 0 Å². The summed E-state index contributed by atoms with van der Waals surface area (Å²) in [5.41, 5.74) is -0.118. The topological polar surface area (TPSA) is 58.9 Å². The van der Waals surface area contributed by atoms with E-state index in [1.807, 2.05) is 50.2 Å². The maximum Gasteiger partial charge on any atom is 0.203 e. The first-order valence-electron chi connectivity index (χ1n) is 9.76. The third-order valence-electron chi connectivity index (χ3n) is 4.03. The summed E-state index contributed by atoms with van der Waals surface area (Å²) in [4.78, 5) is 19.0. The van der Waals surface area contributed by atoms with E-state index in [-0.39, 0.29) is 10.8 Å². The van der Waals surface area contributed by atoms with Crippen molar-refractivity contribution in [3.63, 3.8) is 0 Å². The van der Waals surface area contributed by atoms with Gasteiger partial charge in [-0.1, -0.05) is 71.9 Å². The van der Waals surface area contributed by atoms with Crippen molar-refractivity contribution in [1.29, 1.82) is 0 Å². The predicted octanol–water partition coefficient (Wildman–Crippen LogP) is 5.53. The molecule has 0 fully saturated rings. The Morgan fingerprint density at radius 2 is 1.25 bits per heavy atom. The number of para-hydroxylation sites is 2. The van der Waals surface area contributed by atoms with Crippen LogP contribution in [0.4, 0.5) is 0 Å². The Morgan fingerprint density at radius 3 is 1.82 bits per heavy atom. The van der Waals surface area contributed by atoms with Gasteiger partial charge < -0.3 is 19.3 Å². The van der Waals surface area contributed by atoms with Crippen molar-refractivity contribution < 1.29 is 19.3 Å². The van der Waals surface area contributed by atoms with E-state index in [1.165, 1.54) is 0 Å². The number of hydrogen-bond acceptors (Lipinski definition) is 4. The zero-order valence-electron chi connectivity index (χ0n) is 18.0. The van der Waals surface area contributed by atoms with Crippen molar-refractivity contribution in [2.24, 2.45) is 10.8 Å². The third kappa shape index (κ3) is 8.60. The van der Waals surface area contributed by atoms with E-state index in [4.69, 9.17) is 9.47 Å². The van der Waals surface area contributed by atoms with Gasteiger partial charge in [-0.3, -0.25) is 0 Å². The molecule has 156 valence electrons. The highest BCUT2D eigenvalue weighted by atomic mass is 31.2. The van der Waals surface area contributed by atoms with Crippen LogP contribution in [0.15, 0.2) is 54.6 Å². The lowest BCUT2D eigenvalue weighted by atomic mass is 9.76. The zero-order chi connectivity index (χ0) is 21.2. The molecule has 0 heterocycles.